The second-order valence-electron chi connectivity index (χ2n) is 21.5. The highest BCUT2D eigenvalue weighted by Crippen LogP contribution is 2.71. The standard InChI is InChI=1S/C45H74O17/c1-19-8-13-45(55-18-19)20(2)30-27(62-45)15-26-24-7-6-22-14-23(9-11-43(22,4)25(24)10-12-44(26,30)5)57-40-36(53)33(50)38(21(3)56-40)60-42-37(54)34(51)39(29(17-47)59-42)61-41-35(52)32(49)31(48)28(16-46)58-41/h19-42,46-54H,6-18H2,1-5H3. The van der Waals surface area contributed by atoms with Crippen molar-refractivity contribution in [2.75, 3.05) is 19.8 Å². The molecule has 5 saturated heterocycles. The van der Waals surface area contributed by atoms with Crippen LogP contribution in [-0.4, -0.2) is 176 Å². The topological polar surface area (TPSA) is 256 Å². The highest BCUT2D eigenvalue weighted by atomic mass is 16.8. The molecule has 0 radical (unpaired) electrons. The molecule has 17 heteroatoms. The summed E-state index contributed by atoms with van der Waals surface area (Å²) in [6, 6.07) is 0. The Labute approximate surface area is 364 Å². The quantitative estimate of drug-likeness (QED) is 0.149. The summed E-state index contributed by atoms with van der Waals surface area (Å²) in [5.41, 5.74) is 0.445. The van der Waals surface area contributed by atoms with Crippen molar-refractivity contribution in [1.29, 1.82) is 0 Å². The van der Waals surface area contributed by atoms with Gasteiger partial charge in [0.15, 0.2) is 24.7 Å². The molecule has 9 rings (SSSR count). The van der Waals surface area contributed by atoms with Crippen LogP contribution in [0.5, 0.6) is 0 Å². The van der Waals surface area contributed by atoms with E-state index >= 15 is 0 Å². The Balaban J connectivity index is 0.788. The van der Waals surface area contributed by atoms with Crippen molar-refractivity contribution in [1.82, 2.24) is 0 Å². The molecule has 4 aliphatic carbocycles. The minimum Gasteiger partial charge on any atom is -0.394 e. The van der Waals surface area contributed by atoms with Gasteiger partial charge in [-0.25, -0.2) is 0 Å². The summed E-state index contributed by atoms with van der Waals surface area (Å²) < 4.78 is 48.9. The van der Waals surface area contributed by atoms with Gasteiger partial charge in [0.25, 0.3) is 0 Å². The number of ether oxygens (including phenoxy) is 8. The van der Waals surface area contributed by atoms with Gasteiger partial charge in [0.05, 0.1) is 38.1 Å². The molecular formula is C45H74O17. The summed E-state index contributed by atoms with van der Waals surface area (Å²) in [5.74, 6) is 3.55. The van der Waals surface area contributed by atoms with E-state index in [1.165, 1.54) is 25.7 Å². The number of aliphatic hydroxyl groups is 9. The van der Waals surface area contributed by atoms with E-state index in [-0.39, 0.29) is 23.0 Å². The molecule has 0 aromatic heterocycles. The lowest BCUT2D eigenvalue weighted by atomic mass is 9.44. The van der Waals surface area contributed by atoms with Crippen LogP contribution in [0, 0.1) is 52.3 Å². The van der Waals surface area contributed by atoms with Crippen LogP contribution in [0.1, 0.15) is 98.8 Å². The zero-order valence-electron chi connectivity index (χ0n) is 36.8. The Morgan fingerprint density at radius 3 is 1.89 bits per heavy atom. The van der Waals surface area contributed by atoms with Crippen molar-refractivity contribution in [2.45, 2.75) is 209 Å². The SMILES string of the molecule is CC1CCC2(OC1)OC1CC3C4CCC5CC(OC6OC(C)C(OC7OC(CO)C(OC8OC(CO)C(O)C(O)C8O)C(O)C7O)C(O)C6O)CCC5(C)C4CCC3(C)C1C2C. The van der Waals surface area contributed by atoms with E-state index in [0.29, 0.717) is 41.4 Å². The molecule has 0 amide bonds. The number of aliphatic hydroxyl groups excluding tert-OH is 9. The smallest absolute Gasteiger partial charge is 0.187 e. The van der Waals surface area contributed by atoms with Gasteiger partial charge in [-0.3, -0.25) is 0 Å². The van der Waals surface area contributed by atoms with Crippen LogP contribution in [0.2, 0.25) is 0 Å². The zero-order chi connectivity index (χ0) is 44.2. The zero-order valence-corrected chi connectivity index (χ0v) is 36.8. The predicted molar refractivity (Wildman–Crippen MR) is 214 cm³/mol. The minimum absolute atomic E-state index is 0.172. The van der Waals surface area contributed by atoms with Gasteiger partial charge in [0.2, 0.25) is 0 Å². The van der Waals surface area contributed by atoms with Gasteiger partial charge < -0.3 is 83.9 Å². The van der Waals surface area contributed by atoms with Gasteiger partial charge in [0.1, 0.15) is 67.1 Å². The summed E-state index contributed by atoms with van der Waals surface area (Å²) in [5, 5.41) is 95.4. The van der Waals surface area contributed by atoms with Gasteiger partial charge in [-0.15, -0.1) is 0 Å². The molecule has 0 aromatic carbocycles. The lowest BCUT2D eigenvalue weighted by molar-refractivity contribution is -0.379. The maximum Gasteiger partial charge on any atom is 0.187 e. The van der Waals surface area contributed by atoms with Crippen LogP contribution in [0.25, 0.3) is 0 Å². The Hall–Kier alpha value is -0.680. The van der Waals surface area contributed by atoms with E-state index in [0.717, 1.165) is 45.1 Å². The van der Waals surface area contributed by atoms with Crippen LogP contribution >= 0.6 is 0 Å². The second kappa shape index (κ2) is 17.4. The Morgan fingerprint density at radius 1 is 0.581 bits per heavy atom. The highest BCUT2D eigenvalue weighted by Gasteiger charge is 2.69. The maximum atomic E-state index is 11.4. The van der Waals surface area contributed by atoms with Crippen molar-refractivity contribution >= 4 is 0 Å². The summed E-state index contributed by atoms with van der Waals surface area (Å²) in [6.07, 6.45) is -11.7. The molecule has 5 aliphatic heterocycles. The summed E-state index contributed by atoms with van der Waals surface area (Å²) in [4.78, 5) is 0. The first kappa shape index (κ1) is 46.4. The maximum absolute atomic E-state index is 11.4. The monoisotopic (exact) mass is 886 g/mol. The number of fused-ring (bicyclic) bond motifs is 7. The fourth-order valence-corrected chi connectivity index (χ4v) is 14.7. The molecule has 9 N–H and O–H groups in total. The molecular weight excluding hydrogens is 812 g/mol. The fourth-order valence-electron chi connectivity index (χ4n) is 14.7. The van der Waals surface area contributed by atoms with E-state index in [9.17, 15) is 46.0 Å². The van der Waals surface area contributed by atoms with Crippen molar-refractivity contribution in [3.63, 3.8) is 0 Å². The largest absolute Gasteiger partial charge is 0.394 e. The van der Waals surface area contributed by atoms with Crippen LogP contribution in [-0.2, 0) is 37.9 Å². The molecule has 356 valence electrons. The van der Waals surface area contributed by atoms with Crippen molar-refractivity contribution < 1.29 is 83.9 Å². The van der Waals surface area contributed by atoms with Crippen LogP contribution in [0.15, 0.2) is 0 Å². The lowest BCUT2D eigenvalue weighted by Crippen LogP contribution is -2.66. The van der Waals surface area contributed by atoms with Gasteiger partial charge in [-0.1, -0.05) is 27.7 Å². The molecule has 0 bridgehead atoms. The summed E-state index contributed by atoms with van der Waals surface area (Å²) in [7, 11) is 0. The minimum atomic E-state index is -1.82. The normalized spacial score (nSPS) is 58.9. The first-order chi connectivity index (χ1) is 29.4. The lowest BCUT2D eigenvalue weighted by Gasteiger charge is -2.61. The summed E-state index contributed by atoms with van der Waals surface area (Å²) >= 11 is 0. The van der Waals surface area contributed by atoms with Crippen LogP contribution in [0.4, 0.5) is 0 Å². The van der Waals surface area contributed by atoms with E-state index in [1.54, 1.807) is 6.92 Å². The molecule has 1 spiro atoms. The summed E-state index contributed by atoms with van der Waals surface area (Å²) in [6.45, 7) is 10.7. The fraction of sp³-hybridized carbons (Fsp3) is 1.00. The van der Waals surface area contributed by atoms with E-state index < -0.39 is 111 Å². The first-order valence-electron chi connectivity index (χ1n) is 23.7. The van der Waals surface area contributed by atoms with E-state index in [1.807, 2.05) is 0 Å². The Morgan fingerprint density at radius 2 is 1.21 bits per heavy atom. The molecule has 17 nitrogen and oxygen atoms in total. The van der Waals surface area contributed by atoms with E-state index in [4.69, 9.17) is 37.9 Å². The van der Waals surface area contributed by atoms with Crippen LogP contribution < -0.4 is 0 Å². The third-order valence-electron chi connectivity index (χ3n) is 18.2. The molecule has 9 aliphatic rings. The van der Waals surface area contributed by atoms with Crippen molar-refractivity contribution in [2.24, 2.45) is 52.3 Å². The molecule has 0 aromatic rings. The third kappa shape index (κ3) is 7.56. The number of rotatable bonds is 8. The molecule has 27 atom stereocenters. The van der Waals surface area contributed by atoms with Crippen LogP contribution in [0.3, 0.4) is 0 Å². The number of hydrogen-bond acceptors (Lipinski definition) is 17. The molecule has 4 saturated carbocycles. The van der Waals surface area contributed by atoms with E-state index in [2.05, 4.69) is 27.7 Å². The molecule has 5 heterocycles. The van der Waals surface area contributed by atoms with Gasteiger partial charge in [0, 0.05) is 12.3 Å². The Bertz CT molecular complexity index is 1550. The average Bonchev–Trinajstić information content (AvgIpc) is 3.70. The van der Waals surface area contributed by atoms with Gasteiger partial charge in [-0.2, -0.15) is 0 Å². The number of hydrogen-bond donors (Lipinski definition) is 9. The first-order valence-corrected chi connectivity index (χ1v) is 23.7. The van der Waals surface area contributed by atoms with Crippen molar-refractivity contribution in [3.8, 4) is 0 Å². The third-order valence-corrected chi connectivity index (χ3v) is 18.2. The highest BCUT2D eigenvalue weighted by molar-refractivity contribution is 5.15. The molecule has 27 unspecified atom stereocenters. The van der Waals surface area contributed by atoms with Gasteiger partial charge in [-0.05, 0) is 111 Å². The average molecular weight is 887 g/mol. The predicted octanol–water partition coefficient (Wildman–Crippen LogP) is 0.294. The Kier molecular flexibility index (Phi) is 13.1. The molecule has 9 fully saturated rings. The van der Waals surface area contributed by atoms with Crippen molar-refractivity contribution in [3.05, 3.63) is 0 Å². The molecule has 62 heavy (non-hydrogen) atoms. The van der Waals surface area contributed by atoms with Gasteiger partial charge >= 0.3 is 0 Å². The second-order valence-corrected chi connectivity index (χ2v) is 21.5.